The number of imidazole rings is 1. The zero-order chi connectivity index (χ0) is 29.7. The quantitative estimate of drug-likeness (QED) is 0.233. The van der Waals surface area contributed by atoms with Gasteiger partial charge >= 0.3 is 5.97 Å². The van der Waals surface area contributed by atoms with Gasteiger partial charge in [-0.2, -0.15) is 0 Å². The minimum Gasteiger partial charge on any atom is -0.465 e. The van der Waals surface area contributed by atoms with E-state index < -0.39 is 5.79 Å². The van der Waals surface area contributed by atoms with Gasteiger partial charge in [0.05, 0.1) is 47.4 Å². The lowest BCUT2D eigenvalue weighted by Gasteiger charge is -2.33. The number of nitrogens with zero attached hydrogens (tertiary/aromatic N) is 4. The van der Waals surface area contributed by atoms with Gasteiger partial charge in [0.2, 0.25) is 0 Å². The molecule has 0 saturated carbocycles. The minimum absolute atomic E-state index is 0.0483. The van der Waals surface area contributed by atoms with Crippen molar-refractivity contribution in [1.82, 2.24) is 19.4 Å². The van der Waals surface area contributed by atoms with Crippen LogP contribution in [0.1, 0.15) is 60.2 Å². The molecule has 0 amide bonds. The highest BCUT2D eigenvalue weighted by Crippen LogP contribution is 2.48. The molecule has 5 heterocycles. The topological polar surface area (TPSA) is 87.9 Å². The first-order valence-electron chi connectivity index (χ1n) is 14.6. The molecule has 0 radical (unpaired) electrons. The van der Waals surface area contributed by atoms with E-state index in [9.17, 15) is 4.79 Å². The highest BCUT2D eigenvalue weighted by molar-refractivity contribution is 6.30. The molecule has 2 aromatic carbocycles. The molecule has 1 fully saturated rings. The summed E-state index contributed by atoms with van der Waals surface area (Å²) in [7, 11) is 1.40. The third-order valence-electron chi connectivity index (χ3n) is 8.66. The van der Waals surface area contributed by atoms with Crippen molar-refractivity contribution in [2.45, 2.75) is 51.2 Å². The highest BCUT2D eigenvalue weighted by atomic mass is 35.5. The fraction of sp³-hybridized carbons (Fsp3) is 0.364. The number of aromatic nitrogens is 3. The van der Waals surface area contributed by atoms with Crippen LogP contribution >= 0.6 is 11.6 Å². The minimum atomic E-state index is -1.03. The maximum Gasteiger partial charge on any atom is 0.337 e. The van der Waals surface area contributed by atoms with E-state index in [2.05, 4.69) is 33.5 Å². The van der Waals surface area contributed by atoms with E-state index in [0.29, 0.717) is 28.6 Å². The predicted octanol–water partition coefficient (Wildman–Crippen LogP) is 6.15. The first-order valence-corrected chi connectivity index (χ1v) is 15.0. The van der Waals surface area contributed by atoms with Crippen molar-refractivity contribution in [3.8, 4) is 11.5 Å². The lowest BCUT2D eigenvalue weighted by Crippen LogP contribution is -2.35. The zero-order valence-corrected chi connectivity index (χ0v) is 25.1. The van der Waals surface area contributed by atoms with E-state index in [4.69, 9.17) is 35.5 Å². The maximum absolute atomic E-state index is 12.3. The van der Waals surface area contributed by atoms with Gasteiger partial charge in [0, 0.05) is 38.4 Å². The molecule has 0 N–H and O–H groups in total. The summed E-state index contributed by atoms with van der Waals surface area (Å²) in [5.41, 5.74) is 5.20. The molecule has 2 aromatic heterocycles. The molecule has 0 spiro atoms. The molecule has 7 rings (SSSR count). The van der Waals surface area contributed by atoms with Crippen molar-refractivity contribution in [1.29, 1.82) is 0 Å². The van der Waals surface area contributed by atoms with Crippen molar-refractivity contribution in [2.75, 3.05) is 26.8 Å². The number of halogens is 1. The average Bonchev–Trinajstić information content (AvgIpc) is 3.55. The second kappa shape index (κ2) is 11.0. The van der Waals surface area contributed by atoms with E-state index in [1.165, 1.54) is 12.7 Å². The van der Waals surface area contributed by atoms with Crippen LogP contribution in [0.5, 0.6) is 11.5 Å². The smallest absolute Gasteiger partial charge is 0.337 e. The van der Waals surface area contributed by atoms with Gasteiger partial charge in [-0.05, 0) is 61.7 Å². The summed E-state index contributed by atoms with van der Waals surface area (Å²) in [5.74, 6) is 1.01. The summed E-state index contributed by atoms with van der Waals surface area (Å²) in [6, 6.07) is 15.2. The van der Waals surface area contributed by atoms with Crippen molar-refractivity contribution in [3.63, 3.8) is 0 Å². The fourth-order valence-corrected chi connectivity index (χ4v) is 6.21. The van der Waals surface area contributed by atoms with E-state index in [1.54, 1.807) is 18.3 Å². The van der Waals surface area contributed by atoms with Crippen molar-refractivity contribution < 1.29 is 23.7 Å². The first kappa shape index (κ1) is 27.9. The standard InChI is InChI=1S/C33H33ClN4O5/c1-20(31-36-26-9-7-22(32(39)40-3)17-27(26)38(31)19-24-13-16-41-24)37-14-11-21(12-15-37)25-5-4-6-28-30(25)43-33(2,42-28)29-10-8-23(34)18-35-29/h4-11,17-18,20,24H,12-16,19H2,1-3H3/t20?,24-,33?/m0/s1. The number of methoxy groups -OCH3 is 1. The molecule has 3 atom stereocenters. The van der Waals surface area contributed by atoms with Crippen LogP contribution < -0.4 is 9.47 Å². The Hall–Kier alpha value is -3.92. The SMILES string of the molecule is COC(=O)c1ccc2nc(C(C)N3CC=C(c4cccc5c4OC(C)(c4ccc(Cl)cn4)O5)CC3)n(C[C@@H]3CCO3)c2c1. The maximum atomic E-state index is 12.3. The number of para-hydroxylation sites is 1. The molecule has 0 bridgehead atoms. The number of ether oxygens (including phenoxy) is 4. The predicted molar refractivity (Wildman–Crippen MR) is 162 cm³/mol. The van der Waals surface area contributed by atoms with Gasteiger partial charge in [-0.1, -0.05) is 29.8 Å². The van der Waals surface area contributed by atoms with Crippen LogP contribution in [0.15, 0.2) is 60.8 Å². The summed E-state index contributed by atoms with van der Waals surface area (Å²) >= 11 is 6.05. The number of esters is 1. The largest absolute Gasteiger partial charge is 0.465 e. The number of fused-ring (bicyclic) bond motifs is 2. The Morgan fingerprint density at radius 3 is 2.77 bits per heavy atom. The Kier molecular flexibility index (Phi) is 7.12. The van der Waals surface area contributed by atoms with Crippen molar-refractivity contribution in [2.24, 2.45) is 0 Å². The van der Waals surface area contributed by atoms with Crippen LogP contribution in [0.3, 0.4) is 0 Å². The number of hydrogen-bond acceptors (Lipinski definition) is 8. The lowest BCUT2D eigenvalue weighted by atomic mass is 9.97. The Labute approximate surface area is 255 Å². The summed E-state index contributed by atoms with van der Waals surface area (Å²) in [4.78, 5) is 24.2. The van der Waals surface area contributed by atoms with Crippen LogP contribution in [0.25, 0.3) is 16.6 Å². The second-order valence-electron chi connectivity index (χ2n) is 11.4. The van der Waals surface area contributed by atoms with Gasteiger partial charge in [-0.15, -0.1) is 0 Å². The zero-order valence-electron chi connectivity index (χ0n) is 24.4. The van der Waals surface area contributed by atoms with Crippen LogP contribution in [-0.2, 0) is 21.8 Å². The second-order valence-corrected chi connectivity index (χ2v) is 11.8. The molecule has 2 unspecified atom stereocenters. The molecular weight excluding hydrogens is 568 g/mol. The third kappa shape index (κ3) is 5.05. The number of carbonyl (C=O) groups excluding carboxylic acids is 1. The van der Waals surface area contributed by atoms with Gasteiger partial charge in [0.15, 0.2) is 11.5 Å². The van der Waals surface area contributed by atoms with E-state index in [0.717, 1.165) is 60.7 Å². The molecule has 9 nitrogen and oxygen atoms in total. The molecule has 4 aromatic rings. The highest BCUT2D eigenvalue weighted by Gasteiger charge is 2.41. The molecule has 3 aliphatic heterocycles. The number of carbonyl (C=O) groups is 1. The Morgan fingerprint density at radius 2 is 2.07 bits per heavy atom. The Morgan fingerprint density at radius 1 is 1.21 bits per heavy atom. The monoisotopic (exact) mass is 600 g/mol. The summed E-state index contributed by atoms with van der Waals surface area (Å²) in [6.07, 6.45) is 5.88. The van der Waals surface area contributed by atoms with Crippen molar-refractivity contribution >= 4 is 34.2 Å². The van der Waals surface area contributed by atoms with Crippen molar-refractivity contribution in [3.05, 3.63) is 88.5 Å². The van der Waals surface area contributed by atoms with Crippen LogP contribution in [0, 0.1) is 0 Å². The van der Waals surface area contributed by atoms with Gasteiger partial charge < -0.3 is 23.5 Å². The van der Waals surface area contributed by atoms with E-state index >= 15 is 0 Å². The molecule has 1 saturated heterocycles. The summed E-state index contributed by atoms with van der Waals surface area (Å²) in [6.45, 7) is 7.16. The van der Waals surface area contributed by atoms with Crippen LogP contribution in [0.2, 0.25) is 5.02 Å². The van der Waals surface area contributed by atoms with Gasteiger partial charge in [-0.3, -0.25) is 9.88 Å². The molecule has 43 heavy (non-hydrogen) atoms. The van der Waals surface area contributed by atoms with Gasteiger partial charge in [0.1, 0.15) is 11.5 Å². The number of rotatable bonds is 7. The molecule has 10 heteroatoms. The normalized spacial score (nSPS) is 22.2. The molecule has 0 aliphatic carbocycles. The van der Waals surface area contributed by atoms with Gasteiger partial charge in [-0.25, -0.2) is 9.78 Å². The van der Waals surface area contributed by atoms with E-state index in [1.807, 2.05) is 37.3 Å². The number of benzene rings is 2. The number of hydrogen-bond donors (Lipinski definition) is 0. The number of pyridine rings is 1. The van der Waals surface area contributed by atoms with Crippen LogP contribution in [-0.4, -0.2) is 58.3 Å². The first-order chi connectivity index (χ1) is 20.8. The van der Waals surface area contributed by atoms with Crippen LogP contribution in [0.4, 0.5) is 0 Å². The fourth-order valence-electron chi connectivity index (χ4n) is 6.10. The summed E-state index contributed by atoms with van der Waals surface area (Å²) in [5, 5.41) is 0.563. The van der Waals surface area contributed by atoms with E-state index in [-0.39, 0.29) is 18.1 Å². The third-order valence-corrected chi connectivity index (χ3v) is 8.88. The average molecular weight is 601 g/mol. The Bertz CT molecular complexity index is 1730. The lowest BCUT2D eigenvalue weighted by molar-refractivity contribution is -0.0718. The molecule has 222 valence electrons. The molecular formula is C33H33ClN4O5. The van der Waals surface area contributed by atoms with Gasteiger partial charge in [0.25, 0.3) is 5.79 Å². The summed E-state index contributed by atoms with van der Waals surface area (Å²) < 4.78 is 25.7. The molecule has 3 aliphatic rings. The Balaban J connectivity index is 1.14.